The number of nitrogens with zero attached hydrogens (tertiary/aromatic N) is 2. The van der Waals surface area contributed by atoms with Crippen LogP contribution in [0.1, 0.15) is 6.92 Å². The molecule has 0 atom stereocenters. The molecule has 5 heteroatoms. The molecule has 0 fully saturated rings. The maximum absolute atomic E-state index is 7.95. The van der Waals surface area contributed by atoms with E-state index in [9.17, 15) is 0 Å². The highest BCUT2D eigenvalue weighted by atomic mass is 16.4. The van der Waals surface area contributed by atoms with Crippen LogP contribution in [-0.4, -0.2) is 22.0 Å². The van der Waals surface area contributed by atoms with Crippen LogP contribution in [0.25, 0.3) is 0 Å². The highest BCUT2D eigenvalue weighted by Gasteiger charge is 1.94. The third-order valence-electron chi connectivity index (χ3n) is 0.628. The van der Waals surface area contributed by atoms with Gasteiger partial charge in [0.1, 0.15) is 5.71 Å². The molecule has 0 saturated heterocycles. The fourth-order valence-electron chi connectivity index (χ4n) is 0.124. The lowest BCUT2D eigenvalue weighted by molar-refractivity contribution is 0.313. The van der Waals surface area contributed by atoms with E-state index in [0.29, 0.717) is 0 Å². The summed E-state index contributed by atoms with van der Waals surface area (Å²) in [4.78, 5) is 0. The molecule has 0 unspecified atom stereocenters. The molecule has 0 radical (unpaired) electrons. The Morgan fingerprint density at radius 3 is 2.00 bits per heavy atom. The first-order chi connectivity index (χ1) is 3.72. The summed E-state index contributed by atoms with van der Waals surface area (Å²) in [5, 5.41) is 21.1. The van der Waals surface area contributed by atoms with Crippen LogP contribution in [0, 0.1) is 0 Å². The van der Waals surface area contributed by atoms with Crippen molar-refractivity contribution in [2.45, 2.75) is 6.92 Å². The molecule has 8 heavy (non-hydrogen) atoms. The summed E-state index contributed by atoms with van der Waals surface area (Å²) in [7, 11) is 0. The molecule has 0 amide bonds. The fraction of sp³-hybridized carbons (Fsp3) is 0.333. The van der Waals surface area contributed by atoms with Gasteiger partial charge in [0.15, 0.2) is 5.84 Å². The maximum atomic E-state index is 7.95. The van der Waals surface area contributed by atoms with E-state index in [1.54, 1.807) is 0 Å². The number of oxime groups is 2. The number of rotatable bonds is 1. The predicted molar refractivity (Wildman–Crippen MR) is 28.3 cm³/mol. The molecule has 0 aliphatic rings. The minimum atomic E-state index is -0.187. The summed E-state index contributed by atoms with van der Waals surface area (Å²) in [6, 6.07) is 0. The molecule has 0 aliphatic carbocycles. The average molecular weight is 117 g/mol. The second-order valence-electron chi connectivity index (χ2n) is 1.17. The molecule has 0 aromatic rings. The molecular weight excluding hydrogens is 110 g/mol. The highest BCUT2D eigenvalue weighted by Crippen LogP contribution is 1.72. The normalized spacial score (nSPS) is 14.1. The van der Waals surface area contributed by atoms with Gasteiger partial charge in [0.2, 0.25) is 0 Å². The van der Waals surface area contributed by atoms with Crippen molar-refractivity contribution in [3.05, 3.63) is 0 Å². The molecule has 0 spiro atoms. The first-order valence-electron chi connectivity index (χ1n) is 1.89. The largest absolute Gasteiger partial charge is 0.411 e. The number of hydrogen-bond donors (Lipinski definition) is 3. The predicted octanol–water partition coefficient (Wildman–Crippen LogP) is -0.417. The van der Waals surface area contributed by atoms with Crippen LogP contribution in [0.5, 0.6) is 0 Å². The van der Waals surface area contributed by atoms with Gasteiger partial charge in [0.25, 0.3) is 0 Å². The number of nitrogens with two attached hydrogens (primary N) is 1. The van der Waals surface area contributed by atoms with Crippen LogP contribution in [-0.2, 0) is 0 Å². The lowest BCUT2D eigenvalue weighted by Crippen LogP contribution is -2.20. The molecule has 4 N–H and O–H groups in total. The quantitative estimate of drug-likeness (QED) is 0.188. The summed E-state index contributed by atoms with van der Waals surface area (Å²) >= 11 is 0. The Labute approximate surface area is 46.1 Å². The fourth-order valence-corrected chi connectivity index (χ4v) is 0.124. The monoisotopic (exact) mass is 117 g/mol. The molecule has 0 aromatic heterocycles. The SMILES string of the molecule is CC(=NO)C(N)=NO. The Balaban J connectivity index is 4.04. The minimum Gasteiger partial charge on any atom is -0.411 e. The van der Waals surface area contributed by atoms with Crippen molar-refractivity contribution in [2.75, 3.05) is 0 Å². The van der Waals surface area contributed by atoms with E-state index >= 15 is 0 Å². The molecule has 0 heterocycles. The molecule has 5 nitrogen and oxygen atoms in total. The zero-order valence-electron chi connectivity index (χ0n) is 4.37. The topological polar surface area (TPSA) is 91.2 Å². The Hall–Kier alpha value is -1.26. The van der Waals surface area contributed by atoms with Crippen molar-refractivity contribution >= 4 is 11.5 Å². The molecule has 0 saturated carbocycles. The third-order valence-corrected chi connectivity index (χ3v) is 0.628. The summed E-state index contributed by atoms with van der Waals surface area (Å²) in [6.45, 7) is 1.41. The molecule has 0 rings (SSSR count). The van der Waals surface area contributed by atoms with E-state index in [4.69, 9.17) is 16.1 Å². The maximum Gasteiger partial charge on any atom is 0.187 e. The minimum absolute atomic E-state index is 0.0903. The second kappa shape index (κ2) is 2.84. The zero-order chi connectivity index (χ0) is 6.57. The number of amidine groups is 1. The second-order valence-corrected chi connectivity index (χ2v) is 1.17. The van der Waals surface area contributed by atoms with Gasteiger partial charge >= 0.3 is 0 Å². The van der Waals surface area contributed by atoms with E-state index in [0.717, 1.165) is 0 Å². The smallest absolute Gasteiger partial charge is 0.187 e. The zero-order valence-corrected chi connectivity index (χ0v) is 4.37. The van der Waals surface area contributed by atoms with Gasteiger partial charge in [-0.15, -0.1) is 0 Å². The summed E-state index contributed by atoms with van der Waals surface area (Å²) in [5.41, 5.74) is 5.03. The van der Waals surface area contributed by atoms with Crippen molar-refractivity contribution in [1.82, 2.24) is 0 Å². The summed E-state index contributed by atoms with van der Waals surface area (Å²) in [6.07, 6.45) is 0. The summed E-state index contributed by atoms with van der Waals surface area (Å²) in [5.74, 6) is -0.187. The van der Waals surface area contributed by atoms with E-state index in [1.165, 1.54) is 6.92 Å². The van der Waals surface area contributed by atoms with Gasteiger partial charge in [-0.25, -0.2) is 0 Å². The third kappa shape index (κ3) is 1.46. The van der Waals surface area contributed by atoms with E-state index in [2.05, 4.69) is 10.3 Å². The van der Waals surface area contributed by atoms with Crippen LogP contribution in [0.2, 0.25) is 0 Å². The Morgan fingerprint density at radius 2 is 1.88 bits per heavy atom. The highest BCUT2D eigenvalue weighted by molar-refractivity contribution is 6.39. The van der Waals surface area contributed by atoms with Crippen molar-refractivity contribution in [3.63, 3.8) is 0 Å². The van der Waals surface area contributed by atoms with E-state index < -0.39 is 0 Å². The van der Waals surface area contributed by atoms with Crippen molar-refractivity contribution in [2.24, 2.45) is 16.0 Å². The Kier molecular flexibility index (Phi) is 2.39. The van der Waals surface area contributed by atoms with Crippen LogP contribution in [0.15, 0.2) is 10.3 Å². The molecule has 0 aliphatic heterocycles. The standard InChI is InChI=1S/C3H7N3O2/c1-2(5-7)3(4)6-8/h7-8H,1H3,(H2,4,6). The molecule has 0 bridgehead atoms. The lowest BCUT2D eigenvalue weighted by atomic mass is 10.4. The van der Waals surface area contributed by atoms with Crippen molar-refractivity contribution < 1.29 is 10.4 Å². The first kappa shape index (κ1) is 6.74. The lowest BCUT2D eigenvalue weighted by Gasteiger charge is -1.89. The van der Waals surface area contributed by atoms with Crippen LogP contribution >= 0.6 is 0 Å². The van der Waals surface area contributed by atoms with Gasteiger partial charge in [0, 0.05) is 0 Å². The van der Waals surface area contributed by atoms with Gasteiger partial charge in [-0.3, -0.25) is 0 Å². The van der Waals surface area contributed by atoms with Gasteiger partial charge < -0.3 is 16.1 Å². The van der Waals surface area contributed by atoms with Gasteiger partial charge in [0.05, 0.1) is 0 Å². The van der Waals surface area contributed by atoms with Gasteiger partial charge in [-0.1, -0.05) is 10.3 Å². The average Bonchev–Trinajstić information content (AvgIpc) is 1.84. The Morgan fingerprint density at radius 1 is 1.38 bits per heavy atom. The Bertz CT molecular complexity index is 112. The van der Waals surface area contributed by atoms with Gasteiger partial charge in [-0.2, -0.15) is 0 Å². The van der Waals surface area contributed by atoms with E-state index in [-0.39, 0.29) is 11.5 Å². The summed E-state index contributed by atoms with van der Waals surface area (Å²) < 4.78 is 0. The van der Waals surface area contributed by atoms with Crippen molar-refractivity contribution in [1.29, 1.82) is 0 Å². The van der Waals surface area contributed by atoms with Crippen molar-refractivity contribution in [3.8, 4) is 0 Å². The van der Waals surface area contributed by atoms with Crippen LogP contribution in [0.4, 0.5) is 0 Å². The van der Waals surface area contributed by atoms with Crippen LogP contribution < -0.4 is 5.73 Å². The number of hydrogen-bond acceptors (Lipinski definition) is 4. The van der Waals surface area contributed by atoms with Gasteiger partial charge in [-0.05, 0) is 6.92 Å². The molecule has 0 aromatic carbocycles. The van der Waals surface area contributed by atoms with E-state index in [1.807, 2.05) is 0 Å². The van der Waals surface area contributed by atoms with Crippen LogP contribution in [0.3, 0.4) is 0 Å². The molecule has 46 valence electrons. The first-order valence-corrected chi connectivity index (χ1v) is 1.89. The molecular formula is C3H7N3O2.